The molecule has 0 unspecified atom stereocenters. The molecule has 0 N–H and O–H groups in total. The molecule has 0 atom stereocenters. The van der Waals surface area contributed by atoms with Gasteiger partial charge in [-0.3, -0.25) is 9.59 Å². The fraction of sp³-hybridized carbons (Fsp3) is 0.111. The molecule has 0 aromatic heterocycles. The van der Waals surface area contributed by atoms with E-state index in [9.17, 15) is 9.59 Å². The molecular formula is C36H28N2O2. The molecule has 0 saturated carbocycles. The topological polar surface area (TPSA) is 40.6 Å². The number of aldehydes is 1. The molecule has 1 aliphatic heterocycles. The molecule has 4 nitrogen and oxygen atoms in total. The van der Waals surface area contributed by atoms with E-state index in [1.54, 1.807) is 0 Å². The van der Waals surface area contributed by atoms with Crippen molar-refractivity contribution in [1.29, 1.82) is 0 Å². The number of para-hydroxylation sites is 1. The number of amides is 1. The first-order chi connectivity index (χ1) is 19.7. The van der Waals surface area contributed by atoms with Crippen LogP contribution < -0.4 is 4.90 Å². The van der Waals surface area contributed by atoms with Crippen molar-refractivity contribution in [2.75, 3.05) is 31.1 Å². The molecular weight excluding hydrogens is 492 g/mol. The molecule has 1 fully saturated rings. The number of fused-ring (bicyclic) bond motifs is 3. The number of carbonyl (C=O) groups excluding carboxylic acids is 2. The van der Waals surface area contributed by atoms with Crippen molar-refractivity contribution in [3.8, 4) is 11.1 Å². The van der Waals surface area contributed by atoms with Gasteiger partial charge in [0.05, 0.1) is 5.56 Å². The van der Waals surface area contributed by atoms with Crippen molar-refractivity contribution < 1.29 is 9.59 Å². The normalized spacial score (nSPS) is 13.7. The largest absolute Gasteiger partial charge is 0.367 e. The second-order valence-electron chi connectivity index (χ2n) is 10.4. The summed E-state index contributed by atoms with van der Waals surface area (Å²) in [6.45, 7) is 2.79. The highest BCUT2D eigenvalue weighted by molar-refractivity contribution is 6.18. The van der Waals surface area contributed by atoms with Crippen molar-refractivity contribution in [1.82, 2.24) is 4.90 Å². The second-order valence-corrected chi connectivity index (χ2v) is 10.4. The number of rotatable bonds is 4. The third-order valence-electron chi connectivity index (χ3n) is 8.17. The van der Waals surface area contributed by atoms with Gasteiger partial charge in [0, 0.05) is 43.0 Å². The van der Waals surface area contributed by atoms with Gasteiger partial charge in [-0.1, -0.05) is 103 Å². The van der Waals surface area contributed by atoms with E-state index in [4.69, 9.17) is 0 Å². The van der Waals surface area contributed by atoms with Gasteiger partial charge in [0.15, 0.2) is 6.29 Å². The van der Waals surface area contributed by atoms with Crippen LogP contribution in [0.15, 0.2) is 115 Å². The minimum Gasteiger partial charge on any atom is -0.367 e. The van der Waals surface area contributed by atoms with Gasteiger partial charge in [0.25, 0.3) is 5.91 Å². The summed E-state index contributed by atoms with van der Waals surface area (Å²) < 4.78 is 0. The molecule has 194 valence electrons. The first kappa shape index (κ1) is 24.1. The third kappa shape index (κ3) is 4.00. The average Bonchev–Trinajstić information content (AvgIpc) is 3.03. The lowest BCUT2D eigenvalue weighted by Gasteiger charge is -2.37. The number of benzene rings is 6. The van der Waals surface area contributed by atoms with E-state index in [1.807, 2.05) is 53.4 Å². The molecule has 4 heteroatoms. The van der Waals surface area contributed by atoms with Gasteiger partial charge in [0.2, 0.25) is 0 Å². The SMILES string of the molecule is O=Cc1ccc(-c2ccccc2N2CCN(C(=O)c3c4ccccc4cc4ccccc34)CC2)c2ccccc12. The minimum absolute atomic E-state index is 0.0939. The molecule has 7 rings (SSSR count). The fourth-order valence-electron chi connectivity index (χ4n) is 6.19. The highest BCUT2D eigenvalue weighted by atomic mass is 16.2. The highest BCUT2D eigenvalue weighted by Gasteiger charge is 2.26. The van der Waals surface area contributed by atoms with Gasteiger partial charge in [-0.25, -0.2) is 0 Å². The molecule has 0 aliphatic carbocycles. The Kier molecular flexibility index (Phi) is 6.01. The van der Waals surface area contributed by atoms with E-state index in [0.717, 1.165) is 74.1 Å². The maximum atomic E-state index is 14.0. The van der Waals surface area contributed by atoms with Crippen LogP contribution in [-0.4, -0.2) is 43.3 Å². The van der Waals surface area contributed by atoms with E-state index in [1.165, 1.54) is 0 Å². The Bertz CT molecular complexity index is 1860. The van der Waals surface area contributed by atoms with Gasteiger partial charge in [-0.2, -0.15) is 0 Å². The third-order valence-corrected chi connectivity index (χ3v) is 8.17. The molecule has 0 bridgehead atoms. The number of hydrogen-bond donors (Lipinski definition) is 0. The van der Waals surface area contributed by atoms with Crippen molar-refractivity contribution in [2.45, 2.75) is 0 Å². The standard InChI is InChI=1S/C36H28N2O2/c39-24-27-17-18-32(31-14-6-5-11-28(27)31)33-15-7-8-16-34(33)37-19-21-38(22-20-37)36(40)35-29-12-3-1-9-25(29)23-26-10-2-4-13-30(26)35/h1-18,23-24H,19-22H2. The van der Waals surface area contributed by atoms with Crippen LogP contribution in [0.1, 0.15) is 20.7 Å². The van der Waals surface area contributed by atoms with Crippen molar-refractivity contribution in [3.63, 3.8) is 0 Å². The Balaban J connectivity index is 1.21. The van der Waals surface area contributed by atoms with Gasteiger partial charge < -0.3 is 9.80 Å². The molecule has 0 radical (unpaired) electrons. The number of carbonyl (C=O) groups is 2. The summed E-state index contributed by atoms with van der Waals surface area (Å²) in [6, 6.07) is 39.0. The summed E-state index contributed by atoms with van der Waals surface area (Å²) in [5, 5.41) is 6.21. The van der Waals surface area contributed by atoms with Crippen molar-refractivity contribution >= 4 is 50.2 Å². The lowest BCUT2D eigenvalue weighted by molar-refractivity contribution is 0.0750. The van der Waals surface area contributed by atoms with Crippen molar-refractivity contribution in [3.05, 3.63) is 126 Å². The van der Waals surface area contributed by atoms with Gasteiger partial charge in [-0.05, 0) is 50.0 Å². The fourth-order valence-corrected chi connectivity index (χ4v) is 6.19. The van der Waals surface area contributed by atoms with Crippen LogP contribution >= 0.6 is 0 Å². The molecule has 6 aromatic rings. The quantitative estimate of drug-likeness (QED) is 0.178. The van der Waals surface area contributed by atoms with Crippen LogP contribution in [0.5, 0.6) is 0 Å². The summed E-state index contributed by atoms with van der Waals surface area (Å²) >= 11 is 0. The average molecular weight is 521 g/mol. The molecule has 40 heavy (non-hydrogen) atoms. The van der Waals surface area contributed by atoms with Crippen molar-refractivity contribution in [2.24, 2.45) is 0 Å². The molecule has 1 amide bonds. The zero-order valence-corrected chi connectivity index (χ0v) is 22.1. The maximum Gasteiger partial charge on any atom is 0.255 e. The summed E-state index contributed by atoms with van der Waals surface area (Å²) in [6.07, 6.45) is 0.924. The summed E-state index contributed by atoms with van der Waals surface area (Å²) in [5.41, 5.74) is 4.89. The Morgan fingerprint density at radius 2 is 1.15 bits per heavy atom. The lowest BCUT2D eigenvalue weighted by atomic mass is 9.94. The Morgan fingerprint density at radius 3 is 1.82 bits per heavy atom. The number of nitrogens with zero attached hydrogens (tertiary/aromatic N) is 2. The van der Waals surface area contributed by atoms with Crippen LogP contribution in [0.25, 0.3) is 43.4 Å². The number of piperazine rings is 1. The zero-order chi connectivity index (χ0) is 27.1. The Labute approximate surface area is 233 Å². The van der Waals surface area contributed by atoms with Gasteiger partial charge >= 0.3 is 0 Å². The Hall–Kier alpha value is -4.96. The van der Waals surface area contributed by atoms with E-state index < -0.39 is 0 Å². The maximum absolute atomic E-state index is 14.0. The van der Waals surface area contributed by atoms with E-state index in [2.05, 4.69) is 71.6 Å². The van der Waals surface area contributed by atoms with Crippen LogP contribution in [0.3, 0.4) is 0 Å². The minimum atomic E-state index is 0.0939. The van der Waals surface area contributed by atoms with Gasteiger partial charge in [-0.15, -0.1) is 0 Å². The molecule has 0 spiro atoms. The summed E-state index contributed by atoms with van der Waals surface area (Å²) in [7, 11) is 0. The molecule has 1 aliphatic rings. The van der Waals surface area contributed by atoms with Crippen LogP contribution in [-0.2, 0) is 0 Å². The second kappa shape index (κ2) is 9.97. The number of anilines is 1. The van der Waals surface area contributed by atoms with Crippen LogP contribution in [0.4, 0.5) is 5.69 Å². The first-order valence-electron chi connectivity index (χ1n) is 13.7. The summed E-state index contributed by atoms with van der Waals surface area (Å²) in [4.78, 5) is 30.1. The highest BCUT2D eigenvalue weighted by Crippen LogP contribution is 2.37. The van der Waals surface area contributed by atoms with E-state index in [0.29, 0.717) is 18.7 Å². The van der Waals surface area contributed by atoms with Crippen LogP contribution in [0, 0.1) is 0 Å². The predicted octanol–water partition coefficient (Wildman–Crippen LogP) is 7.59. The molecule has 6 aromatic carbocycles. The molecule has 1 saturated heterocycles. The van der Waals surface area contributed by atoms with E-state index in [-0.39, 0.29) is 5.91 Å². The predicted molar refractivity (Wildman–Crippen MR) is 164 cm³/mol. The number of hydrogen-bond acceptors (Lipinski definition) is 3. The smallest absolute Gasteiger partial charge is 0.255 e. The summed E-state index contributed by atoms with van der Waals surface area (Å²) in [5.74, 6) is 0.0939. The monoisotopic (exact) mass is 520 g/mol. The lowest BCUT2D eigenvalue weighted by Crippen LogP contribution is -2.49. The van der Waals surface area contributed by atoms with Gasteiger partial charge in [0.1, 0.15) is 0 Å². The van der Waals surface area contributed by atoms with Crippen LogP contribution in [0.2, 0.25) is 0 Å². The zero-order valence-electron chi connectivity index (χ0n) is 22.1. The Morgan fingerprint density at radius 1 is 0.575 bits per heavy atom. The first-order valence-corrected chi connectivity index (χ1v) is 13.7. The molecule has 1 heterocycles. The van der Waals surface area contributed by atoms with E-state index >= 15 is 0 Å².